The van der Waals surface area contributed by atoms with Gasteiger partial charge >= 0.3 is 0 Å². The van der Waals surface area contributed by atoms with Crippen LogP contribution in [0.2, 0.25) is 0 Å². The maximum absolute atomic E-state index is 9.76. The number of ether oxygens (including phenoxy) is 4. The fourth-order valence-corrected chi connectivity index (χ4v) is 6.48. The Hall–Kier alpha value is 0.340. The molecule has 0 amide bonds. The van der Waals surface area contributed by atoms with Crippen LogP contribution in [-0.4, -0.2) is 94.5 Å². The third-order valence-electron chi connectivity index (χ3n) is 4.48. The normalized spacial score (nSPS) is 49.0. The van der Waals surface area contributed by atoms with Crippen LogP contribution in [0.1, 0.15) is 0 Å². The lowest BCUT2D eigenvalue weighted by atomic mass is 10.1. The number of hydrogen-bond donors (Lipinski definition) is 3. The van der Waals surface area contributed by atoms with Gasteiger partial charge in [-0.25, -0.2) is 4.84 Å². The van der Waals surface area contributed by atoms with E-state index in [4.69, 9.17) is 34.2 Å². The molecule has 0 aromatic carbocycles. The monoisotopic (exact) mass is 369 g/mol. The van der Waals surface area contributed by atoms with Gasteiger partial charge in [0.05, 0.1) is 42.3 Å². The molecule has 132 valence electrons. The molecule has 0 spiro atoms. The third kappa shape index (κ3) is 3.25. The lowest BCUT2D eigenvalue weighted by Gasteiger charge is -2.19. The van der Waals surface area contributed by atoms with Crippen LogP contribution in [-0.2, 0) is 23.8 Å². The highest BCUT2D eigenvalue weighted by Gasteiger charge is 2.51. The van der Waals surface area contributed by atoms with Gasteiger partial charge < -0.3 is 24.1 Å². The highest BCUT2D eigenvalue weighted by molar-refractivity contribution is 8.77. The molecule has 0 radical (unpaired) electrons. The SMILES string of the molecule is O[C@@H]1COC2C1OC[C@@H]2SS[C@H]1COC2C1OC[C@H]2ON(O)O. The van der Waals surface area contributed by atoms with Gasteiger partial charge in [0.1, 0.15) is 36.6 Å². The zero-order valence-corrected chi connectivity index (χ0v) is 13.7. The van der Waals surface area contributed by atoms with E-state index >= 15 is 0 Å². The van der Waals surface area contributed by atoms with Gasteiger partial charge in [-0.15, -0.1) is 0 Å². The fourth-order valence-electron chi connectivity index (χ4n) is 3.39. The molecule has 4 rings (SSSR count). The first-order chi connectivity index (χ1) is 11.1. The van der Waals surface area contributed by atoms with Crippen molar-refractivity contribution in [2.75, 3.05) is 26.4 Å². The van der Waals surface area contributed by atoms with Crippen LogP contribution in [0.15, 0.2) is 0 Å². The minimum absolute atomic E-state index is 0.0708. The van der Waals surface area contributed by atoms with Crippen molar-refractivity contribution in [1.29, 1.82) is 0 Å². The van der Waals surface area contributed by atoms with E-state index in [1.54, 1.807) is 21.6 Å². The molecule has 0 bridgehead atoms. The zero-order chi connectivity index (χ0) is 16.0. The van der Waals surface area contributed by atoms with Gasteiger partial charge in [-0.1, -0.05) is 21.6 Å². The summed E-state index contributed by atoms with van der Waals surface area (Å²) in [6.07, 6.45) is -1.82. The van der Waals surface area contributed by atoms with Crippen molar-refractivity contribution in [3.8, 4) is 0 Å². The first kappa shape index (κ1) is 16.8. The average molecular weight is 369 g/mol. The van der Waals surface area contributed by atoms with Gasteiger partial charge in [-0.05, 0) is 0 Å². The van der Waals surface area contributed by atoms with E-state index in [9.17, 15) is 5.11 Å². The third-order valence-corrected chi connectivity index (χ3v) is 7.71. The Morgan fingerprint density at radius 1 is 0.783 bits per heavy atom. The van der Waals surface area contributed by atoms with E-state index in [2.05, 4.69) is 0 Å². The summed E-state index contributed by atoms with van der Waals surface area (Å²) < 4.78 is 22.6. The van der Waals surface area contributed by atoms with Crippen LogP contribution >= 0.6 is 21.6 Å². The average Bonchev–Trinajstić information content (AvgIpc) is 3.22. The summed E-state index contributed by atoms with van der Waals surface area (Å²) in [7, 11) is 3.33. The van der Waals surface area contributed by atoms with Gasteiger partial charge in [0, 0.05) is 0 Å². The molecule has 4 unspecified atom stereocenters. The lowest BCUT2D eigenvalue weighted by Crippen LogP contribution is -2.35. The molecule has 4 fully saturated rings. The van der Waals surface area contributed by atoms with Gasteiger partial charge in [-0.3, -0.25) is 10.4 Å². The lowest BCUT2D eigenvalue weighted by molar-refractivity contribution is -0.507. The molecule has 23 heavy (non-hydrogen) atoms. The van der Waals surface area contributed by atoms with Crippen molar-refractivity contribution in [2.45, 2.75) is 47.1 Å². The molecule has 0 saturated carbocycles. The highest BCUT2D eigenvalue weighted by atomic mass is 33.1. The number of fused-ring (bicyclic) bond motifs is 2. The molecule has 11 heteroatoms. The number of aliphatic hydroxyl groups is 1. The molecule has 0 aliphatic carbocycles. The molecule has 4 saturated heterocycles. The molecular formula is C12H19NO8S2. The van der Waals surface area contributed by atoms with E-state index in [1.165, 1.54) is 0 Å². The van der Waals surface area contributed by atoms with Crippen LogP contribution in [0, 0.1) is 0 Å². The van der Waals surface area contributed by atoms with Crippen molar-refractivity contribution >= 4 is 21.6 Å². The van der Waals surface area contributed by atoms with Gasteiger partial charge in [0.2, 0.25) is 0 Å². The van der Waals surface area contributed by atoms with Crippen LogP contribution in [0.25, 0.3) is 0 Å². The molecule has 4 aliphatic rings. The predicted octanol–water partition coefficient (Wildman–Crippen LogP) is -0.558. The number of rotatable bonds is 5. The van der Waals surface area contributed by atoms with Crippen LogP contribution < -0.4 is 0 Å². The highest BCUT2D eigenvalue weighted by Crippen LogP contribution is 2.45. The molecule has 0 aromatic rings. The van der Waals surface area contributed by atoms with E-state index in [0.717, 1.165) is 0 Å². The first-order valence-corrected chi connectivity index (χ1v) is 9.72. The standard InChI is InChI=1S/C12H19NO8S2/c14-5-1-17-11-7(3-19-9(5)11)22-23-8-4-20-10-6(21-13(15)16)2-18-12(8)10/h5-12,14-16H,1-4H2/t5-,6-,7+,8+,9?,10?,11?,12?/m1/s1. The second-order valence-electron chi connectivity index (χ2n) is 5.93. The van der Waals surface area contributed by atoms with Crippen LogP contribution in [0.4, 0.5) is 0 Å². The first-order valence-electron chi connectivity index (χ1n) is 7.45. The predicted molar refractivity (Wildman–Crippen MR) is 78.0 cm³/mol. The Morgan fingerprint density at radius 2 is 1.35 bits per heavy atom. The Labute approximate surface area is 140 Å². The minimum Gasteiger partial charge on any atom is -0.388 e. The van der Waals surface area contributed by atoms with Crippen LogP contribution in [0.3, 0.4) is 0 Å². The molecule has 4 heterocycles. The maximum atomic E-state index is 9.76. The van der Waals surface area contributed by atoms with E-state index < -0.39 is 12.2 Å². The number of hydrogen-bond acceptors (Lipinski definition) is 11. The Balaban J connectivity index is 1.28. The summed E-state index contributed by atoms with van der Waals surface area (Å²) in [6, 6.07) is 0. The minimum atomic E-state index is -0.536. The Bertz CT molecular complexity index is 432. The number of aliphatic hydroxyl groups excluding tert-OH is 1. The summed E-state index contributed by atoms with van der Waals surface area (Å²) in [5, 5.41) is 27.2. The van der Waals surface area contributed by atoms with Gasteiger partial charge in [-0.2, -0.15) is 0 Å². The van der Waals surface area contributed by atoms with Crippen molar-refractivity contribution in [1.82, 2.24) is 5.39 Å². The summed E-state index contributed by atoms with van der Waals surface area (Å²) in [5.74, 6) is 0. The quantitative estimate of drug-likeness (QED) is 0.428. The summed E-state index contributed by atoms with van der Waals surface area (Å²) >= 11 is 0. The Morgan fingerprint density at radius 3 is 2.04 bits per heavy atom. The largest absolute Gasteiger partial charge is 0.388 e. The summed E-state index contributed by atoms with van der Waals surface area (Å²) in [6.45, 7) is 1.65. The molecule has 3 N–H and O–H groups in total. The van der Waals surface area contributed by atoms with Gasteiger partial charge in [0.25, 0.3) is 0 Å². The second-order valence-corrected chi connectivity index (χ2v) is 8.68. The van der Waals surface area contributed by atoms with E-state index in [0.29, 0.717) is 19.8 Å². The molecule has 4 aliphatic heterocycles. The summed E-state index contributed by atoms with van der Waals surface area (Å²) in [5.41, 5.74) is 0. The molecule has 9 nitrogen and oxygen atoms in total. The van der Waals surface area contributed by atoms with Crippen molar-refractivity contribution in [3.63, 3.8) is 0 Å². The smallest absolute Gasteiger partial charge is 0.136 e. The number of nitrogens with zero attached hydrogens (tertiary/aromatic N) is 1. The Kier molecular flexibility index (Phi) is 5.05. The van der Waals surface area contributed by atoms with Crippen molar-refractivity contribution in [3.05, 3.63) is 0 Å². The van der Waals surface area contributed by atoms with Gasteiger partial charge in [0.15, 0.2) is 0 Å². The van der Waals surface area contributed by atoms with Crippen molar-refractivity contribution in [2.24, 2.45) is 0 Å². The maximum Gasteiger partial charge on any atom is 0.136 e. The van der Waals surface area contributed by atoms with Crippen molar-refractivity contribution < 1.29 is 39.3 Å². The van der Waals surface area contributed by atoms with E-state index in [1.807, 2.05) is 0 Å². The topological polar surface area (TPSA) is 110 Å². The zero-order valence-electron chi connectivity index (χ0n) is 12.1. The fraction of sp³-hybridized carbons (Fsp3) is 1.00. The molecular weight excluding hydrogens is 350 g/mol. The second kappa shape index (κ2) is 6.92. The van der Waals surface area contributed by atoms with E-state index in [-0.39, 0.29) is 46.9 Å². The molecule has 8 atom stereocenters. The summed E-state index contributed by atoms with van der Waals surface area (Å²) in [4.78, 5) is 4.83. The molecule has 0 aromatic heterocycles. The van der Waals surface area contributed by atoms with Crippen LogP contribution in [0.5, 0.6) is 0 Å².